The molecule has 1 heterocycles. The number of hydrogen-bond donors (Lipinski definition) is 1. The highest BCUT2D eigenvalue weighted by atomic mass is 16.5. The lowest BCUT2D eigenvalue weighted by Gasteiger charge is -2.19. The fourth-order valence-electron chi connectivity index (χ4n) is 2.73. The lowest BCUT2D eigenvalue weighted by molar-refractivity contribution is -0.136. The van der Waals surface area contributed by atoms with E-state index < -0.39 is 5.97 Å². The van der Waals surface area contributed by atoms with E-state index in [-0.39, 0.29) is 12.2 Å². The Labute approximate surface area is 116 Å². The minimum Gasteiger partial charge on any atom is -0.493 e. The molecule has 3 aliphatic rings. The summed E-state index contributed by atoms with van der Waals surface area (Å²) < 4.78 is 5.69. The first-order chi connectivity index (χ1) is 9.65. The predicted octanol–water partition coefficient (Wildman–Crippen LogP) is 2.46. The van der Waals surface area contributed by atoms with Crippen LogP contribution in [0.15, 0.2) is 58.4 Å². The van der Waals surface area contributed by atoms with Crippen LogP contribution in [0, 0.1) is 0 Å². The van der Waals surface area contributed by atoms with Gasteiger partial charge in [-0.15, -0.1) is 0 Å². The van der Waals surface area contributed by atoms with Crippen molar-refractivity contribution in [2.75, 3.05) is 6.61 Å². The molecule has 0 spiro atoms. The summed E-state index contributed by atoms with van der Waals surface area (Å²) in [6.45, 7) is 0.536. The maximum Gasteiger partial charge on any atom is 0.307 e. The molecule has 0 atom stereocenters. The average molecular weight is 270 g/mol. The van der Waals surface area contributed by atoms with Crippen LogP contribution in [0.5, 0.6) is 0 Å². The molecule has 0 unspecified atom stereocenters. The number of rotatable bonds is 2. The van der Waals surface area contributed by atoms with Crippen LogP contribution in [-0.2, 0) is 14.3 Å². The zero-order chi connectivity index (χ0) is 14.1. The van der Waals surface area contributed by atoms with Crippen molar-refractivity contribution in [1.29, 1.82) is 0 Å². The monoisotopic (exact) mass is 270 g/mol. The topological polar surface area (TPSA) is 63.6 Å². The summed E-state index contributed by atoms with van der Waals surface area (Å²) in [5.74, 6) is -0.189. The molecule has 0 fully saturated rings. The van der Waals surface area contributed by atoms with Crippen molar-refractivity contribution in [3.63, 3.8) is 0 Å². The summed E-state index contributed by atoms with van der Waals surface area (Å²) in [7, 11) is 0. The normalized spacial score (nSPS) is 21.0. The Morgan fingerprint density at radius 1 is 1.30 bits per heavy atom. The van der Waals surface area contributed by atoms with Crippen LogP contribution in [0.1, 0.15) is 19.3 Å². The van der Waals surface area contributed by atoms with E-state index >= 15 is 0 Å². The third kappa shape index (κ3) is 2.25. The third-order valence-corrected chi connectivity index (χ3v) is 3.59. The molecule has 0 aromatic heterocycles. The maximum absolute atomic E-state index is 12.2. The van der Waals surface area contributed by atoms with Crippen molar-refractivity contribution in [2.24, 2.45) is 0 Å². The zero-order valence-electron chi connectivity index (χ0n) is 10.9. The molecular formula is C16H14O4. The van der Waals surface area contributed by atoms with Crippen LogP contribution >= 0.6 is 0 Å². The number of carbonyl (C=O) groups excluding carboxylic acids is 1. The SMILES string of the molecule is O=C(O)CC1=CC=C2OCCC3=CC=CC(=O)C3=C2C1. The van der Waals surface area contributed by atoms with Crippen LogP contribution in [-0.4, -0.2) is 23.5 Å². The van der Waals surface area contributed by atoms with Crippen molar-refractivity contribution in [3.8, 4) is 0 Å². The van der Waals surface area contributed by atoms with Gasteiger partial charge in [-0.3, -0.25) is 9.59 Å². The standard InChI is InChI=1S/C16H14O4/c17-13-3-1-2-11-6-7-20-14-5-4-10(9-15(18)19)8-12(14)16(11)13/h1-5H,6-9H2,(H,18,19). The van der Waals surface area contributed by atoms with Gasteiger partial charge < -0.3 is 9.84 Å². The molecule has 1 aliphatic heterocycles. The number of ketones is 1. The Bertz CT molecular complexity index is 641. The van der Waals surface area contributed by atoms with Gasteiger partial charge in [-0.1, -0.05) is 23.8 Å². The van der Waals surface area contributed by atoms with Crippen LogP contribution in [0.2, 0.25) is 0 Å². The maximum atomic E-state index is 12.2. The highest BCUT2D eigenvalue weighted by molar-refractivity contribution is 6.10. The van der Waals surface area contributed by atoms with Crippen LogP contribution in [0.3, 0.4) is 0 Å². The predicted molar refractivity (Wildman–Crippen MR) is 72.9 cm³/mol. The molecule has 3 rings (SSSR count). The van der Waals surface area contributed by atoms with Crippen LogP contribution < -0.4 is 0 Å². The summed E-state index contributed by atoms with van der Waals surface area (Å²) in [4.78, 5) is 23.0. The Morgan fingerprint density at radius 2 is 2.15 bits per heavy atom. The van der Waals surface area contributed by atoms with Gasteiger partial charge in [-0.05, 0) is 24.1 Å². The van der Waals surface area contributed by atoms with Gasteiger partial charge in [0.25, 0.3) is 0 Å². The van der Waals surface area contributed by atoms with Crippen molar-refractivity contribution in [3.05, 3.63) is 58.4 Å². The number of allylic oxidation sites excluding steroid dienone is 7. The number of carboxylic acids is 1. The molecular weight excluding hydrogens is 256 g/mol. The Hall–Kier alpha value is -2.36. The number of aliphatic carboxylic acids is 1. The largest absolute Gasteiger partial charge is 0.493 e. The minimum atomic E-state index is -0.862. The quantitative estimate of drug-likeness (QED) is 0.837. The molecule has 0 saturated heterocycles. The number of hydrogen-bond acceptors (Lipinski definition) is 3. The second kappa shape index (κ2) is 4.96. The van der Waals surface area contributed by atoms with E-state index in [2.05, 4.69) is 0 Å². The van der Waals surface area contributed by atoms with Crippen LogP contribution in [0.4, 0.5) is 0 Å². The molecule has 0 bridgehead atoms. The molecule has 2 aliphatic carbocycles. The van der Waals surface area contributed by atoms with E-state index in [4.69, 9.17) is 9.84 Å². The average Bonchev–Trinajstić information content (AvgIpc) is 2.58. The van der Waals surface area contributed by atoms with Gasteiger partial charge in [0.2, 0.25) is 0 Å². The molecule has 4 nitrogen and oxygen atoms in total. The van der Waals surface area contributed by atoms with E-state index in [1.807, 2.05) is 6.08 Å². The van der Waals surface area contributed by atoms with Crippen LogP contribution in [0.25, 0.3) is 0 Å². The minimum absolute atomic E-state index is 0.0103. The highest BCUT2D eigenvalue weighted by Crippen LogP contribution is 2.37. The lowest BCUT2D eigenvalue weighted by Crippen LogP contribution is -2.11. The van der Waals surface area contributed by atoms with Gasteiger partial charge in [0, 0.05) is 17.6 Å². The third-order valence-electron chi connectivity index (χ3n) is 3.59. The number of ether oxygens (including phenoxy) is 1. The molecule has 0 radical (unpaired) electrons. The Kier molecular flexibility index (Phi) is 3.14. The summed E-state index contributed by atoms with van der Waals surface area (Å²) in [6.07, 6.45) is 9.95. The summed E-state index contributed by atoms with van der Waals surface area (Å²) in [6, 6.07) is 0. The van der Waals surface area contributed by atoms with E-state index in [0.717, 1.165) is 16.7 Å². The van der Waals surface area contributed by atoms with Gasteiger partial charge in [0.15, 0.2) is 5.78 Å². The van der Waals surface area contributed by atoms with Gasteiger partial charge in [0.05, 0.1) is 13.0 Å². The molecule has 0 aromatic rings. The second-order valence-corrected chi connectivity index (χ2v) is 4.97. The molecule has 4 heteroatoms. The Balaban J connectivity index is 2.05. The lowest BCUT2D eigenvalue weighted by atomic mass is 9.85. The smallest absolute Gasteiger partial charge is 0.307 e. The summed E-state index contributed by atoms with van der Waals surface area (Å²) in [5.41, 5.74) is 3.28. The second-order valence-electron chi connectivity index (χ2n) is 4.97. The zero-order valence-corrected chi connectivity index (χ0v) is 10.9. The van der Waals surface area contributed by atoms with E-state index in [0.29, 0.717) is 30.8 Å². The molecule has 1 N–H and O–H groups in total. The Morgan fingerprint density at radius 3 is 2.95 bits per heavy atom. The number of fused-ring (bicyclic) bond motifs is 2. The fraction of sp³-hybridized carbons (Fsp3) is 0.250. The molecule has 0 amide bonds. The first kappa shape index (κ1) is 12.7. The molecule has 102 valence electrons. The molecule has 0 saturated carbocycles. The van der Waals surface area contributed by atoms with Crippen molar-refractivity contribution in [2.45, 2.75) is 19.3 Å². The van der Waals surface area contributed by atoms with Gasteiger partial charge in [0.1, 0.15) is 5.76 Å². The summed E-state index contributed by atoms with van der Waals surface area (Å²) in [5, 5.41) is 8.90. The first-order valence-corrected chi connectivity index (χ1v) is 6.55. The first-order valence-electron chi connectivity index (χ1n) is 6.55. The highest BCUT2D eigenvalue weighted by Gasteiger charge is 2.27. The number of carbonyl (C=O) groups is 2. The van der Waals surface area contributed by atoms with Gasteiger partial charge in [-0.2, -0.15) is 0 Å². The molecule has 20 heavy (non-hydrogen) atoms. The van der Waals surface area contributed by atoms with Gasteiger partial charge >= 0.3 is 5.97 Å². The van der Waals surface area contributed by atoms with E-state index in [1.54, 1.807) is 24.3 Å². The van der Waals surface area contributed by atoms with Gasteiger partial charge in [-0.25, -0.2) is 0 Å². The van der Waals surface area contributed by atoms with Crippen molar-refractivity contribution >= 4 is 11.8 Å². The summed E-state index contributed by atoms with van der Waals surface area (Å²) >= 11 is 0. The molecule has 0 aromatic carbocycles. The van der Waals surface area contributed by atoms with E-state index in [1.165, 1.54) is 0 Å². The fourth-order valence-corrected chi connectivity index (χ4v) is 2.73. The van der Waals surface area contributed by atoms with Crippen molar-refractivity contribution < 1.29 is 19.4 Å². The van der Waals surface area contributed by atoms with E-state index in [9.17, 15) is 9.59 Å². The number of carboxylic acid groups (broad SMARTS) is 1. The van der Waals surface area contributed by atoms with Crippen molar-refractivity contribution in [1.82, 2.24) is 0 Å².